The summed E-state index contributed by atoms with van der Waals surface area (Å²) < 4.78 is 18.5. The minimum absolute atomic E-state index is 0.954. The second-order valence-electron chi connectivity index (χ2n) is 0.439. The molecule has 0 amide bonds. The summed E-state index contributed by atoms with van der Waals surface area (Å²) in [5, 5.41) is 1.32. The Morgan fingerprint density at radius 3 is 1.83 bits per heavy atom. The molecule has 0 unspecified atom stereocenters. The third-order valence-electron chi connectivity index (χ3n) is 0.125. The van der Waals surface area contributed by atoms with Crippen molar-refractivity contribution in [2.75, 3.05) is 0 Å². The Labute approximate surface area is 35.4 Å². The van der Waals surface area contributed by atoms with Crippen molar-refractivity contribution >= 4 is 21.3 Å². The van der Waals surface area contributed by atoms with E-state index in [0.29, 0.717) is 0 Å². The second-order valence-corrected chi connectivity index (χ2v) is 1.11. The lowest BCUT2D eigenvalue weighted by atomic mass is 11.2. The van der Waals surface area contributed by atoms with Crippen LogP contribution < -0.4 is 0 Å². The fourth-order valence-electron chi connectivity index (χ4n) is 0.0340. The summed E-state index contributed by atoms with van der Waals surface area (Å²) in [6.07, 6.45) is 0. The Bertz CT molecular complexity index is 191. The summed E-state index contributed by atoms with van der Waals surface area (Å²) >= 11 is 0. The van der Waals surface area contributed by atoms with Gasteiger partial charge in [-0.15, -0.1) is 0 Å². The van der Waals surface area contributed by atoms with Gasteiger partial charge in [0.05, 0.1) is 0 Å². The molecule has 0 aromatic heterocycles. The lowest BCUT2D eigenvalue weighted by Crippen LogP contribution is -1.54. The van der Waals surface area contributed by atoms with Gasteiger partial charge in [0, 0.05) is 0 Å². The summed E-state index contributed by atoms with van der Waals surface area (Å²) in [6, 6.07) is 0. The quantitative estimate of drug-likeness (QED) is 0.282. The van der Waals surface area contributed by atoms with Crippen LogP contribution in [-0.2, 0) is 15.1 Å². The van der Waals surface area contributed by atoms with Crippen molar-refractivity contribution in [2.24, 2.45) is 0 Å². The largest absolute Gasteiger partial charge is 0.271 e. The standard InChI is InChI=1S/C2O3S/c3-1-2-6(4)5. The van der Waals surface area contributed by atoms with E-state index in [1.54, 1.807) is 0 Å². The molecule has 0 saturated carbocycles. The van der Waals surface area contributed by atoms with Crippen molar-refractivity contribution in [1.82, 2.24) is 0 Å². The number of carbonyl (C=O) groups excluding carboxylic acids is 1. The molecule has 0 radical (unpaired) electrons. The van der Waals surface area contributed by atoms with Gasteiger partial charge in [-0.05, 0) is 0 Å². The molecular formula is C2O3S. The van der Waals surface area contributed by atoms with Gasteiger partial charge in [-0.1, -0.05) is 0 Å². The van der Waals surface area contributed by atoms with Crippen LogP contribution in [0.25, 0.3) is 0 Å². The molecule has 0 bridgehead atoms. The van der Waals surface area contributed by atoms with E-state index < -0.39 is 10.3 Å². The van der Waals surface area contributed by atoms with Crippen molar-refractivity contribution in [2.45, 2.75) is 0 Å². The highest BCUT2D eigenvalue weighted by atomic mass is 32.2. The molecule has 0 heterocycles. The van der Waals surface area contributed by atoms with Crippen LogP contribution in [0.2, 0.25) is 0 Å². The first-order valence-electron chi connectivity index (χ1n) is 0.992. The fraction of sp³-hybridized carbons (Fsp3) is 0. The van der Waals surface area contributed by atoms with Crippen molar-refractivity contribution in [1.29, 1.82) is 0 Å². The highest BCUT2D eigenvalue weighted by Crippen LogP contribution is 1.17. The van der Waals surface area contributed by atoms with Crippen LogP contribution in [0.5, 0.6) is 0 Å². The van der Waals surface area contributed by atoms with Gasteiger partial charge in [0.1, 0.15) is 5.02 Å². The molecule has 32 valence electrons. The first kappa shape index (κ1) is 5.18. The first-order valence-corrected chi connectivity index (χ1v) is 2.07. The molecule has 0 atom stereocenters. The van der Waals surface area contributed by atoms with E-state index >= 15 is 0 Å². The summed E-state index contributed by atoms with van der Waals surface area (Å²) in [7, 11) is -2.49. The van der Waals surface area contributed by atoms with Crippen LogP contribution in [-0.4, -0.2) is 19.4 Å². The average Bonchev–Trinajstić information content (AvgIpc) is 1.35. The van der Waals surface area contributed by atoms with Crippen molar-refractivity contribution in [3.05, 3.63) is 0 Å². The zero-order valence-electron chi connectivity index (χ0n) is 2.63. The van der Waals surface area contributed by atoms with Crippen LogP contribution in [0.15, 0.2) is 0 Å². The third-order valence-corrected chi connectivity index (χ3v) is 0.375. The fourth-order valence-corrected chi connectivity index (χ4v) is 0.102. The SMILES string of the molecule is O=C=C=S(=O)=O. The number of rotatable bonds is 0. The van der Waals surface area contributed by atoms with Crippen molar-refractivity contribution in [3.8, 4) is 0 Å². The molecule has 0 rings (SSSR count). The van der Waals surface area contributed by atoms with Crippen LogP contribution in [0.3, 0.4) is 0 Å². The summed E-state index contributed by atoms with van der Waals surface area (Å²) in [6.45, 7) is 0. The Hall–Kier alpha value is -0.820. The topological polar surface area (TPSA) is 51.2 Å². The predicted octanol–water partition coefficient (Wildman–Crippen LogP) is -1.35. The minimum Gasteiger partial charge on any atom is -0.223 e. The van der Waals surface area contributed by atoms with E-state index in [-0.39, 0.29) is 0 Å². The molecule has 0 fully saturated rings. The Balaban J connectivity index is 5.25. The second kappa shape index (κ2) is 2.42. The molecule has 0 saturated heterocycles. The average molecular weight is 104 g/mol. The van der Waals surface area contributed by atoms with Gasteiger partial charge >= 0.3 is 0 Å². The van der Waals surface area contributed by atoms with E-state index in [9.17, 15) is 8.42 Å². The van der Waals surface area contributed by atoms with Crippen molar-refractivity contribution in [3.63, 3.8) is 0 Å². The monoisotopic (exact) mass is 104 g/mol. The lowest BCUT2D eigenvalue weighted by molar-refractivity contribution is 0.571. The highest BCUT2D eigenvalue weighted by molar-refractivity contribution is 7.71. The molecule has 0 aliphatic carbocycles. The maximum atomic E-state index is 9.23. The molecule has 6 heavy (non-hydrogen) atoms. The summed E-state index contributed by atoms with van der Waals surface area (Å²) in [5.74, 6) is 0.954. The van der Waals surface area contributed by atoms with E-state index in [2.05, 4.69) is 0 Å². The smallest absolute Gasteiger partial charge is 0.223 e. The molecule has 0 N–H and O–H groups in total. The summed E-state index contributed by atoms with van der Waals surface area (Å²) in [4.78, 5) is 8.99. The Morgan fingerprint density at radius 1 is 1.33 bits per heavy atom. The van der Waals surface area contributed by atoms with Gasteiger partial charge in [0.2, 0.25) is 0 Å². The number of hydrogen-bond acceptors (Lipinski definition) is 3. The first-order chi connectivity index (χ1) is 2.77. The van der Waals surface area contributed by atoms with Gasteiger partial charge in [-0.2, -0.15) is 8.42 Å². The van der Waals surface area contributed by atoms with E-state index in [0.717, 1.165) is 5.94 Å². The highest BCUT2D eigenvalue weighted by Gasteiger charge is 1.47. The van der Waals surface area contributed by atoms with Gasteiger partial charge in [0.25, 0.3) is 10.3 Å². The minimum atomic E-state index is -2.49. The molecule has 0 spiro atoms. The van der Waals surface area contributed by atoms with Crippen LogP contribution in [0.1, 0.15) is 0 Å². The lowest BCUT2D eigenvalue weighted by Gasteiger charge is -1.25. The van der Waals surface area contributed by atoms with Crippen LogP contribution >= 0.6 is 0 Å². The van der Waals surface area contributed by atoms with E-state index in [1.807, 2.05) is 0 Å². The van der Waals surface area contributed by atoms with Gasteiger partial charge in [-0.3, -0.25) is 0 Å². The molecule has 3 nitrogen and oxygen atoms in total. The van der Waals surface area contributed by atoms with Crippen molar-refractivity contribution < 1.29 is 13.2 Å². The van der Waals surface area contributed by atoms with Gasteiger partial charge in [-0.25, -0.2) is 4.79 Å². The molecule has 0 aliphatic heterocycles. The predicted molar refractivity (Wildman–Crippen MR) is 19.6 cm³/mol. The molecule has 0 aromatic carbocycles. The molecular weight excluding hydrogens is 104 g/mol. The maximum Gasteiger partial charge on any atom is 0.271 e. The molecule has 4 heteroatoms. The molecule has 0 aliphatic rings. The molecule has 0 aromatic rings. The maximum absolute atomic E-state index is 9.23. The van der Waals surface area contributed by atoms with E-state index in [4.69, 9.17) is 4.79 Å². The zero-order chi connectivity index (χ0) is 4.99. The van der Waals surface area contributed by atoms with Gasteiger partial charge in [0.15, 0.2) is 5.94 Å². The Kier molecular flexibility index (Phi) is 2.09. The van der Waals surface area contributed by atoms with Crippen LogP contribution in [0.4, 0.5) is 0 Å². The third kappa shape index (κ3) is 3.18. The van der Waals surface area contributed by atoms with E-state index in [1.165, 1.54) is 5.02 Å². The normalized spacial score (nSPS) is 5.33. The summed E-state index contributed by atoms with van der Waals surface area (Å²) in [5.41, 5.74) is 0. The number of hydrogen-bond donors (Lipinski definition) is 0. The van der Waals surface area contributed by atoms with Gasteiger partial charge < -0.3 is 0 Å². The van der Waals surface area contributed by atoms with Crippen LogP contribution in [0, 0.1) is 0 Å². The Morgan fingerprint density at radius 2 is 1.83 bits per heavy atom. The zero-order valence-corrected chi connectivity index (χ0v) is 3.45.